The lowest BCUT2D eigenvalue weighted by Gasteiger charge is -2.15. The average Bonchev–Trinajstić information content (AvgIpc) is 2.00. The summed E-state index contributed by atoms with van der Waals surface area (Å²) in [4.78, 5) is 10.7. The third kappa shape index (κ3) is 3.32. The standard InChI is InChI=1S/C7H13FO3/c1-3-7(2,8)6(10)11-5-4-9/h9H,3-5H2,1-2H3. The highest BCUT2D eigenvalue weighted by atomic mass is 19.1. The van der Waals surface area contributed by atoms with Crippen molar-refractivity contribution >= 4 is 5.97 Å². The molecule has 3 nitrogen and oxygen atoms in total. The fourth-order valence-corrected chi connectivity index (χ4v) is 0.433. The molecule has 0 amide bonds. The minimum Gasteiger partial charge on any atom is -0.461 e. The Morgan fingerprint density at radius 2 is 2.27 bits per heavy atom. The SMILES string of the molecule is CCC(C)(F)C(=O)OCCO. The molecule has 0 aromatic heterocycles. The van der Waals surface area contributed by atoms with Gasteiger partial charge in [0, 0.05) is 0 Å². The molecule has 11 heavy (non-hydrogen) atoms. The Morgan fingerprint density at radius 3 is 2.64 bits per heavy atom. The van der Waals surface area contributed by atoms with Gasteiger partial charge in [0.2, 0.25) is 5.67 Å². The minimum absolute atomic E-state index is 0.0806. The van der Waals surface area contributed by atoms with Crippen molar-refractivity contribution in [3.63, 3.8) is 0 Å². The topological polar surface area (TPSA) is 46.5 Å². The van der Waals surface area contributed by atoms with Crippen molar-refractivity contribution in [2.45, 2.75) is 25.9 Å². The zero-order valence-corrected chi connectivity index (χ0v) is 6.76. The summed E-state index contributed by atoms with van der Waals surface area (Å²) in [5.41, 5.74) is -1.92. The summed E-state index contributed by atoms with van der Waals surface area (Å²) in [6, 6.07) is 0. The van der Waals surface area contributed by atoms with E-state index >= 15 is 0 Å². The van der Waals surface area contributed by atoms with Gasteiger partial charge in [-0.1, -0.05) is 6.92 Å². The lowest BCUT2D eigenvalue weighted by atomic mass is 10.1. The molecule has 1 unspecified atom stereocenters. The van der Waals surface area contributed by atoms with Gasteiger partial charge < -0.3 is 9.84 Å². The molecule has 0 rings (SSSR count). The quantitative estimate of drug-likeness (QED) is 0.621. The van der Waals surface area contributed by atoms with Crippen LogP contribution in [0.3, 0.4) is 0 Å². The van der Waals surface area contributed by atoms with Gasteiger partial charge in [-0.2, -0.15) is 0 Å². The van der Waals surface area contributed by atoms with Crippen LogP contribution in [0.25, 0.3) is 0 Å². The first-order valence-electron chi connectivity index (χ1n) is 3.51. The predicted molar refractivity (Wildman–Crippen MR) is 37.8 cm³/mol. The highest BCUT2D eigenvalue weighted by molar-refractivity contribution is 5.78. The zero-order valence-electron chi connectivity index (χ0n) is 6.76. The fourth-order valence-electron chi connectivity index (χ4n) is 0.433. The van der Waals surface area contributed by atoms with Crippen molar-refractivity contribution < 1.29 is 19.0 Å². The van der Waals surface area contributed by atoms with E-state index < -0.39 is 11.6 Å². The van der Waals surface area contributed by atoms with Crippen molar-refractivity contribution in [2.75, 3.05) is 13.2 Å². The Morgan fingerprint density at radius 1 is 1.73 bits per heavy atom. The van der Waals surface area contributed by atoms with E-state index in [4.69, 9.17) is 5.11 Å². The number of esters is 1. The Hall–Kier alpha value is -0.640. The first-order chi connectivity index (χ1) is 5.04. The smallest absolute Gasteiger partial charge is 0.343 e. The molecule has 1 atom stereocenters. The summed E-state index contributed by atoms with van der Waals surface area (Å²) in [6.45, 7) is 2.30. The van der Waals surface area contributed by atoms with Crippen LogP contribution in [0.15, 0.2) is 0 Å². The molecule has 0 radical (unpaired) electrons. The van der Waals surface area contributed by atoms with E-state index in [1.165, 1.54) is 0 Å². The van der Waals surface area contributed by atoms with Crippen LogP contribution in [-0.2, 0) is 9.53 Å². The van der Waals surface area contributed by atoms with E-state index in [-0.39, 0.29) is 19.6 Å². The number of carbonyl (C=O) groups is 1. The Bertz CT molecular complexity index is 134. The maximum absolute atomic E-state index is 13.0. The van der Waals surface area contributed by atoms with E-state index in [9.17, 15) is 9.18 Å². The molecule has 0 aliphatic rings. The summed E-state index contributed by atoms with van der Waals surface area (Å²) in [5.74, 6) is -0.908. The van der Waals surface area contributed by atoms with Crippen LogP contribution >= 0.6 is 0 Å². The monoisotopic (exact) mass is 164 g/mol. The van der Waals surface area contributed by atoms with Gasteiger partial charge in [-0.15, -0.1) is 0 Å². The van der Waals surface area contributed by atoms with Gasteiger partial charge >= 0.3 is 5.97 Å². The van der Waals surface area contributed by atoms with E-state index in [1.807, 2.05) is 0 Å². The third-order valence-electron chi connectivity index (χ3n) is 1.41. The number of ether oxygens (including phenoxy) is 1. The van der Waals surface area contributed by atoms with Gasteiger partial charge in [-0.25, -0.2) is 9.18 Å². The molecule has 0 aromatic rings. The molecule has 0 aromatic carbocycles. The molecule has 0 saturated carbocycles. The second-order valence-corrected chi connectivity index (χ2v) is 2.41. The first-order valence-corrected chi connectivity index (χ1v) is 3.51. The molecule has 1 N–H and O–H groups in total. The average molecular weight is 164 g/mol. The molecular weight excluding hydrogens is 151 g/mol. The van der Waals surface area contributed by atoms with Crippen LogP contribution in [0.4, 0.5) is 4.39 Å². The fraction of sp³-hybridized carbons (Fsp3) is 0.857. The van der Waals surface area contributed by atoms with Gasteiger partial charge in [0.25, 0.3) is 0 Å². The van der Waals surface area contributed by atoms with Crippen LogP contribution in [0.2, 0.25) is 0 Å². The number of aliphatic hydroxyl groups excluding tert-OH is 1. The van der Waals surface area contributed by atoms with Crippen molar-refractivity contribution in [3.8, 4) is 0 Å². The van der Waals surface area contributed by atoms with E-state index in [1.54, 1.807) is 6.92 Å². The second kappa shape index (κ2) is 4.28. The third-order valence-corrected chi connectivity index (χ3v) is 1.41. The Labute approximate surface area is 65.2 Å². The molecule has 66 valence electrons. The van der Waals surface area contributed by atoms with E-state index in [0.717, 1.165) is 6.92 Å². The number of hydrogen-bond donors (Lipinski definition) is 1. The number of carbonyl (C=O) groups excluding carboxylic acids is 1. The normalized spacial score (nSPS) is 15.6. The molecular formula is C7H13FO3. The second-order valence-electron chi connectivity index (χ2n) is 2.41. The molecule has 0 aliphatic carbocycles. The van der Waals surface area contributed by atoms with Crippen LogP contribution in [0.1, 0.15) is 20.3 Å². The molecule has 4 heteroatoms. The molecule has 0 bridgehead atoms. The van der Waals surface area contributed by atoms with Crippen molar-refractivity contribution in [1.82, 2.24) is 0 Å². The lowest BCUT2D eigenvalue weighted by Crippen LogP contribution is -2.31. The van der Waals surface area contributed by atoms with Crippen molar-refractivity contribution in [3.05, 3.63) is 0 Å². The molecule has 0 saturated heterocycles. The molecule has 0 spiro atoms. The van der Waals surface area contributed by atoms with Crippen LogP contribution in [0, 0.1) is 0 Å². The molecule has 0 aliphatic heterocycles. The summed E-state index contributed by atoms with van der Waals surface area (Å²) in [7, 11) is 0. The number of hydrogen-bond acceptors (Lipinski definition) is 3. The summed E-state index contributed by atoms with van der Waals surface area (Å²) in [6.07, 6.45) is 0.0806. The number of aliphatic hydroxyl groups is 1. The Kier molecular flexibility index (Phi) is 4.03. The predicted octanol–water partition coefficient (Wildman–Crippen LogP) is 0.660. The maximum atomic E-state index is 13.0. The molecule has 0 fully saturated rings. The van der Waals surface area contributed by atoms with Crippen LogP contribution in [0.5, 0.6) is 0 Å². The maximum Gasteiger partial charge on any atom is 0.343 e. The Balaban J connectivity index is 3.82. The van der Waals surface area contributed by atoms with E-state index in [0.29, 0.717) is 0 Å². The van der Waals surface area contributed by atoms with Gasteiger partial charge in [0.05, 0.1) is 6.61 Å². The van der Waals surface area contributed by atoms with Crippen molar-refractivity contribution in [2.24, 2.45) is 0 Å². The number of alkyl halides is 1. The van der Waals surface area contributed by atoms with Gasteiger partial charge in [0.15, 0.2) is 0 Å². The van der Waals surface area contributed by atoms with Gasteiger partial charge in [0.1, 0.15) is 6.61 Å². The van der Waals surface area contributed by atoms with Crippen molar-refractivity contribution in [1.29, 1.82) is 0 Å². The highest BCUT2D eigenvalue weighted by Crippen LogP contribution is 2.16. The summed E-state index contributed by atoms with van der Waals surface area (Å²) < 4.78 is 17.4. The first kappa shape index (κ1) is 10.4. The van der Waals surface area contributed by atoms with Gasteiger partial charge in [-0.3, -0.25) is 0 Å². The zero-order chi connectivity index (χ0) is 8.91. The van der Waals surface area contributed by atoms with E-state index in [2.05, 4.69) is 4.74 Å². The van der Waals surface area contributed by atoms with Crippen LogP contribution in [-0.4, -0.2) is 30.0 Å². The minimum atomic E-state index is -1.92. The van der Waals surface area contributed by atoms with Crippen LogP contribution < -0.4 is 0 Å². The molecule has 0 heterocycles. The largest absolute Gasteiger partial charge is 0.461 e. The summed E-state index contributed by atoms with van der Waals surface area (Å²) >= 11 is 0. The highest BCUT2D eigenvalue weighted by Gasteiger charge is 2.32. The summed E-state index contributed by atoms with van der Waals surface area (Å²) in [5, 5.41) is 8.25. The number of rotatable bonds is 4. The van der Waals surface area contributed by atoms with Gasteiger partial charge in [-0.05, 0) is 13.3 Å². The lowest BCUT2D eigenvalue weighted by molar-refractivity contribution is -0.157. The number of halogens is 1.